The topological polar surface area (TPSA) is 68.7 Å². The number of carbonyl (C=O) groups is 2. The summed E-state index contributed by atoms with van der Waals surface area (Å²) in [5, 5.41) is 0. The number of amides is 1. The van der Waals surface area contributed by atoms with Gasteiger partial charge in [0.1, 0.15) is 5.60 Å². The van der Waals surface area contributed by atoms with Gasteiger partial charge in [0.15, 0.2) is 0 Å². The van der Waals surface area contributed by atoms with Gasteiger partial charge in [-0.3, -0.25) is 4.98 Å². The van der Waals surface area contributed by atoms with Gasteiger partial charge in [-0.05, 0) is 32.4 Å². The molecule has 0 atom stereocenters. The zero-order valence-electron chi connectivity index (χ0n) is 12.5. The number of hydrogen-bond donors (Lipinski definition) is 0. The van der Waals surface area contributed by atoms with E-state index >= 15 is 0 Å². The number of nitrogens with zero attached hydrogens (tertiary/aromatic N) is 2. The highest BCUT2D eigenvalue weighted by Gasteiger charge is 2.20. The molecule has 0 fully saturated rings. The summed E-state index contributed by atoms with van der Waals surface area (Å²) in [5.41, 5.74) is 0.529. The molecular formula is C14H20N2O4. The Labute approximate surface area is 118 Å². The second kappa shape index (κ2) is 6.36. The van der Waals surface area contributed by atoms with Crippen molar-refractivity contribution in [1.82, 2.24) is 9.88 Å². The van der Waals surface area contributed by atoms with Crippen LogP contribution in [0.15, 0.2) is 18.5 Å². The van der Waals surface area contributed by atoms with E-state index in [0.717, 1.165) is 5.56 Å². The molecule has 1 aromatic rings. The first kappa shape index (κ1) is 15.9. The first-order valence-electron chi connectivity index (χ1n) is 6.19. The summed E-state index contributed by atoms with van der Waals surface area (Å²) in [7, 11) is 2.93. The minimum Gasteiger partial charge on any atom is -0.465 e. The quantitative estimate of drug-likeness (QED) is 0.794. The highest BCUT2D eigenvalue weighted by atomic mass is 16.6. The Hall–Kier alpha value is -2.11. The van der Waals surface area contributed by atoms with Crippen molar-refractivity contribution in [2.24, 2.45) is 0 Å². The fraction of sp³-hybridized carbons (Fsp3) is 0.500. The lowest BCUT2D eigenvalue weighted by atomic mass is 10.2. The number of ether oxygens (including phenoxy) is 2. The Balaban J connectivity index is 2.73. The Morgan fingerprint density at radius 2 is 1.95 bits per heavy atom. The number of carbonyl (C=O) groups excluding carboxylic acids is 2. The smallest absolute Gasteiger partial charge is 0.410 e. The van der Waals surface area contributed by atoms with Crippen molar-refractivity contribution in [2.45, 2.75) is 32.9 Å². The van der Waals surface area contributed by atoms with Crippen LogP contribution in [0.25, 0.3) is 0 Å². The summed E-state index contributed by atoms with van der Waals surface area (Å²) >= 11 is 0. The molecule has 0 N–H and O–H groups in total. The average Bonchev–Trinajstić information content (AvgIpc) is 2.36. The Bertz CT molecular complexity index is 494. The van der Waals surface area contributed by atoms with Crippen molar-refractivity contribution in [3.8, 4) is 0 Å². The summed E-state index contributed by atoms with van der Waals surface area (Å²) < 4.78 is 9.87. The number of hydrogen-bond acceptors (Lipinski definition) is 5. The van der Waals surface area contributed by atoms with E-state index < -0.39 is 17.7 Å². The van der Waals surface area contributed by atoms with Gasteiger partial charge >= 0.3 is 12.1 Å². The van der Waals surface area contributed by atoms with Crippen LogP contribution in [0.5, 0.6) is 0 Å². The van der Waals surface area contributed by atoms with E-state index in [9.17, 15) is 9.59 Å². The van der Waals surface area contributed by atoms with Gasteiger partial charge in [-0.25, -0.2) is 9.59 Å². The molecule has 6 nitrogen and oxygen atoms in total. The largest absolute Gasteiger partial charge is 0.465 e. The molecule has 0 bridgehead atoms. The first-order valence-corrected chi connectivity index (χ1v) is 6.19. The van der Waals surface area contributed by atoms with Gasteiger partial charge < -0.3 is 14.4 Å². The first-order chi connectivity index (χ1) is 9.23. The van der Waals surface area contributed by atoms with Crippen LogP contribution in [-0.2, 0) is 16.0 Å². The van der Waals surface area contributed by atoms with Crippen LogP contribution in [0.1, 0.15) is 36.7 Å². The standard InChI is InChI=1S/C14H20N2O4/c1-14(2,3)20-13(18)16(4)9-10-6-11(8-15-7-10)12(17)19-5/h6-8H,9H2,1-5H3. The summed E-state index contributed by atoms with van der Waals surface area (Å²) in [5.74, 6) is -0.459. The van der Waals surface area contributed by atoms with Crippen LogP contribution in [-0.4, -0.2) is 41.7 Å². The SMILES string of the molecule is COC(=O)c1cncc(CN(C)C(=O)OC(C)(C)C)c1. The number of methoxy groups -OCH3 is 1. The van der Waals surface area contributed by atoms with Crippen LogP contribution in [0.3, 0.4) is 0 Å². The molecule has 0 aliphatic heterocycles. The lowest BCUT2D eigenvalue weighted by Gasteiger charge is -2.24. The number of aromatic nitrogens is 1. The molecular weight excluding hydrogens is 260 g/mol. The summed E-state index contributed by atoms with van der Waals surface area (Å²) in [6.45, 7) is 5.71. The van der Waals surface area contributed by atoms with E-state index in [-0.39, 0.29) is 0 Å². The van der Waals surface area contributed by atoms with Crippen molar-refractivity contribution in [1.29, 1.82) is 0 Å². The van der Waals surface area contributed by atoms with Gasteiger partial charge in [0.25, 0.3) is 0 Å². The maximum Gasteiger partial charge on any atom is 0.410 e. The Kier molecular flexibility index (Phi) is 5.07. The van der Waals surface area contributed by atoms with Gasteiger partial charge in [-0.1, -0.05) is 0 Å². The van der Waals surface area contributed by atoms with E-state index in [1.807, 2.05) is 0 Å². The van der Waals surface area contributed by atoms with Crippen LogP contribution < -0.4 is 0 Å². The molecule has 6 heteroatoms. The molecule has 0 radical (unpaired) electrons. The van der Waals surface area contributed by atoms with Gasteiger partial charge in [-0.15, -0.1) is 0 Å². The number of rotatable bonds is 3. The highest BCUT2D eigenvalue weighted by Crippen LogP contribution is 2.12. The fourth-order valence-electron chi connectivity index (χ4n) is 1.48. The zero-order valence-corrected chi connectivity index (χ0v) is 12.5. The van der Waals surface area contributed by atoms with Crippen LogP contribution in [0, 0.1) is 0 Å². The van der Waals surface area contributed by atoms with Crippen molar-refractivity contribution < 1.29 is 19.1 Å². The predicted octanol–water partition coefficient (Wildman–Crippen LogP) is 2.24. The van der Waals surface area contributed by atoms with Crippen molar-refractivity contribution in [3.63, 3.8) is 0 Å². The van der Waals surface area contributed by atoms with Gasteiger partial charge in [0.2, 0.25) is 0 Å². The van der Waals surface area contributed by atoms with E-state index in [1.54, 1.807) is 40.1 Å². The molecule has 1 amide bonds. The molecule has 0 aromatic carbocycles. The lowest BCUT2D eigenvalue weighted by Crippen LogP contribution is -2.33. The molecule has 20 heavy (non-hydrogen) atoms. The van der Waals surface area contributed by atoms with Gasteiger partial charge in [-0.2, -0.15) is 0 Å². The van der Waals surface area contributed by atoms with Crippen molar-refractivity contribution >= 4 is 12.1 Å². The zero-order chi connectivity index (χ0) is 15.3. The molecule has 0 spiro atoms. The molecule has 110 valence electrons. The monoisotopic (exact) mass is 280 g/mol. The predicted molar refractivity (Wildman–Crippen MR) is 73.3 cm³/mol. The Morgan fingerprint density at radius 1 is 1.30 bits per heavy atom. The molecule has 1 heterocycles. The fourth-order valence-corrected chi connectivity index (χ4v) is 1.48. The second-order valence-corrected chi connectivity index (χ2v) is 5.41. The highest BCUT2D eigenvalue weighted by molar-refractivity contribution is 5.89. The minimum atomic E-state index is -0.544. The third-order valence-corrected chi connectivity index (χ3v) is 2.34. The molecule has 0 saturated heterocycles. The third-order valence-electron chi connectivity index (χ3n) is 2.34. The normalized spacial score (nSPS) is 10.8. The van der Waals surface area contributed by atoms with Crippen LogP contribution >= 0.6 is 0 Å². The van der Waals surface area contributed by atoms with E-state index in [1.165, 1.54) is 18.2 Å². The molecule has 0 unspecified atom stereocenters. The van der Waals surface area contributed by atoms with E-state index in [4.69, 9.17) is 4.74 Å². The number of esters is 1. The maximum atomic E-state index is 11.8. The average molecular weight is 280 g/mol. The summed E-state index contributed by atoms with van der Waals surface area (Å²) in [6.07, 6.45) is 2.58. The molecule has 1 aromatic heterocycles. The van der Waals surface area contributed by atoms with Gasteiger partial charge in [0, 0.05) is 19.4 Å². The Morgan fingerprint density at radius 3 is 2.50 bits per heavy atom. The molecule has 0 saturated carbocycles. The van der Waals surface area contributed by atoms with Crippen LogP contribution in [0.4, 0.5) is 4.79 Å². The third kappa shape index (κ3) is 4.87. The minimum absolute atomic E-state index is 0.298. The number of pyridine rings is 1. The molecule has 0 aliphatic rings. The maximum absolute atomic E-state index is 11.8. The second-order valence-electron chi connectivity index (χ2n) is 5.41. The van der Waals surface area contributed by atoms with Crippen LogP contribution in [0.2, 0.25) is 0 Å². The van der Waals surface area contributed by atoms with Gasteiger partial charge in [0.05, 0.1) is 19.2 Å². The van der Waals surface area contributed by atoms with E-state index in [0.29, 0.717) is 12.1 Å². The summed E-state index contributed by atoms with van der Waals surface area (Å²) in [4.78, 5) is 28.6. The van der Waals surface area contributed by atoms with E-state index in [2.05, 4.69) is 9.72 Å². The molecule has 0 aliphatic carbocycles. The van der Waals surface area contributed by atoms with Crippen molar-refractivity contribution in [3.05, 3.63) is 29.6 Å². The van der Waals surface area contributed by atoms with Crippen molar-refractivity contribution in [2.75, 3.05) is 14.2 Å². The molecule has 1 rings (SSSR count). The summed E-state index contributed by atoms with van der Waals surface area (Å²) in [6, 6.07) is 1.64. The lowest BCUT2D eigenvalue weighted by molar-refractivity contribution is 0.0285.